The van der Waals surface area contributed by atoms with E-state index in [-0.39, 0.29) is 6.17 Å². The van der Waals surface area contributed by atoms with Crippen LogP contribution in [0, 0.1) is 0 Å². The van der Waals surface area contributed by atoms with Crippen molar-refractivity contribution in [3.05, 3.63) is 199 Å². The Morgan fingerprint density at radius 2 is 1.15 bits per heavy atom. The average Bonchev–Trinajstić information content (AvgIpc) is 3.50. The molecular weight excluding hydrogens is 661 g/mol. The topological polar surface area (TPSA) is 64.2 Å². The summed E-state index contributed by atoms with van der Waals surface area (Å²) in [6, 6.07) is 64.0. The van der Waals surface area contributed by atoms with E-state index in [9.17, 15) is 0 Å². The molecule has 9 aromatic rings. The first-order chi connectivity index (χ1) is 26.7. The number of nitrogens with one attached hydrogen (secondary N) is 2. The van der Waals surface area contributed by atoms with Crippen LogP contribution in [0.25, 0.3) is 60.5 Å². The molecule has 10 rings (SSSR count). The number of ether oxygens (including phenoxy) is 1. The van der Waals surface area contributed by atoms with Crippen LogP contribution in [-0.4, -0.2) is 4.57 Å². The van der Waals surface area contributed by atoms with Gasteiger partial charge in [-0.05, 0) is 52.1 Å². The average molecular weight is 699 g/mol. The smallest absolute Gasteiger partial charge is 0.143 e. The molecule has 0 spiro atoms. The van der Waals surface area contributed by atoms with Gasteiger partial charge in [-0.1, -0.05) is 158 Å². The van der Waals surface area contributed by atoms with E-state index in [0.29, 0.717) is 6.54 Å². The van der Waals surface area contributed by atoms with Crippen LogP contribution in [0.5, 0.6) is 11.5 Å². The number of benzene rings is 8. The molecule has 1 aliphatic rings. The highest BCUT2D eigenvalue weighted by Gasteiger charge is 2.28. The van der Waals surface area contributed by atoms with Crippen molar-refractivity contribution in [3.63, 3.8) is 0 Å². The summed E-state index contributed by atoms with van der Waals surface area (Å²) in [5.41, 5.74) is 18.2. The summed E-state index contributed by atoms with van der Waals surface area (Å²) in [6.45, 7) is 0.714. The van der Waals surface area contributed by atoms with Crippen LogP contribution >= 0.6 is 0 Å². The van der Waals surface area contributed by atoms with Gasteiger partial charge in [0.25, 0.3) is 0 Å². The molecule has 2 unspecified atom stereocenters. The zero-order chi connectivity index (χ0) is 36.0. The lowest BCUT2D eigenvalue weighted by atomic mass is 9.90. The van der Waals surface area contributed by atoms with Gasteiger partial charge in [0.15, 0.2) is 0 Å². The number of fused-ring (bicyclic) bond motifs is 12. The van der Waals surface area contributed by atoms with E-state index in [0.717, 1.165) is 72.4 Å². The van der Waals surface area contributed by atoms with Crippen molar-refractivity contribution in [2.45, 2.75) is 18.9 Å². The zero-order valence-electron chi connectivity index (χ0n) is 29.6. The standard InChI is InChI=1S/C49H38N4O/c50-48(52-49(34-17-5-2-6-18-34)51-31-32-15-3-1-4-16-32)33-27-29-35(30-28-33)53-42-25-13-11-24-41(42)44-45-38-21-8-7-19-36(38)37-20-12-14-26-43(37)54-47(45)40-23-10-9-22-39(40)46(44)53/h1-30,48-49,51-52H,31,50H2. The van der Waals surface area contributed by atoms with Crippen molar-refractivity contribution in [1.29, 1.82) is 0 Å². The summed E-state index contributed by atoms with van der Waals surface area (Å²) < 4.78 is 9.39. The minimum Gasteiger partial charge on any atom is -0.455 e. The van der Waals surface area contributed by atoms with Crippen LogP contribution in [0.3, 0.4) is 0 Å². The maximum Gasteiger partial charge on any atom is 0.143 e. The van der Waals surface area contributed by atoms with E-state index in [4.69, 9.17) is 10.5 Å². The second-order valence-electron chi connectivity index (χ2n) is 13.9. The van der Waals surface area contributed by atoms with Crippen LogP contribution in [-0.2, 0) is 6.54 Å². The summed E-state index contributed by atoms with van der Waals surface area (Å²) in [7, 11) is 0. The largest absolute Gasteiger partial charge is 0.455 e. The Morgan fingerprint density at radius 1 is 0.537 bits per heavy atom. The number of rotatable bonds is 8. The number of nitrogens with zero attached hydrogens (tertiary/aromatic N) is 1. The van der Waals surface area contributed by atoms with Gasteiger partial charge in [-0.2, -0.15) is 0 Å². The van der Waals surface area contributed by atoms with Gasteiger partial charge in [0.2, 0.25) is 0 Å². The van der Waals surface area contributed by atoms with E-state index in [1.807, 2.05) is 18.2 Å². The molecule has 0 aliphatic carbocycles. The lowest BCUT2D eigenvalue weighted by Gasteiger charge is -2.25. The number of nitrogens with two attached hydrogens (primary N) is 1. The minimum absolute atomic E-state index is 0.142. The van der Waals surface area contributed by atoms with Crippen LogP contribution in [0.1, 0.15) is 29.0 Å². The summed E-state index contributed by atoms with van der Waals surface area (Å²) in [6.07, 6.45) is -0.547. The first kappa shape index (κ1) is 32.2. The van der Waals surface area contributed by atoms with Crippen LogP contribution in [0.15, 0.2) is 182 Å². The molecule has 1 aromatic heterocycles. The Hall–Kier alpha value is -6.50. The predicted octanol–water partition coefficient (Wildman–Crippen LogP) is 11.4. The monoisotopic (exact) mass is 698 g/mol. The van der Waals surface area contributed by atoms with Crippen molar-refractivity contribution >= 4 is 32.6 Å². The summed E-state index contributed by atoms with van der Waals surface area (Å²) in [5, 5.41) is 11.9. The quantitative estimate of drug-likeness (QED) is 0.138. The van der Waals surface area contributed by atoms with E-state index < -0.39 is 6.17 Å². The summed E-state index contributed by atoms with van der Waals surface area (Å²) in [4.78, 5) is 0. The fourth-order valence-corrected chi connectivity index (χ4v) is 8.18. The molecule has 260 valence electrons. The Balaban J connectivity index is 1.10. The highest BCUT2D eigenvalue weighted by Crippen LogP contribution is 2.54. The molecule has 5 nitrogen and oxygen atoms in total. The van der Waals surface area contributed by atoms with E-state index in [1.54, 1.807) is 0 Å². The van der Waals surface area contributed by atoms with Gasteiger partial charge in [-0.25, -0.2) is 0 Å². The Kier molecular flexibility index (Phi) is 8.03. The lowest BCUT2D eigenvalue weighted by molar-refractivity contribution is 0.386. The van der Waals surface area contributed by atoms with Gasteiger partial charge in [0.05, 0.1) is 23.4 Å². The van der Waals surface area contributed by atoms with Gasteiger partial charge < -0.3 is 15.0 Å². The van der Waals surface area contributed by atoms with Crippen molar-refractivity contribution in [2.75, 3.05) is 0 Å². The fraction of sp³-hybridized carbons (Fsp3) is 0.0612. The molecule has 5 heteroatoms. The maximum absolute atomic E-state index is 6.98. The molecule has 0 bridgehead atoms. The molecule has 2 heterocycles. The van der Waals surface area contributed by atoms with Gasteiger partial charge in [-0.15, -0.1) is 0 Å². The predicted molar refractivity (Wildman–Crippen MR) is 222 cm³/mol. The van der Waals surface area contributed by atoms with E-state index in [1.165, 1.54) is 16.3 Å². The molecule has 8 aromatic carbocycles. The van der Waals surface area contributed by atoms with E-state index in [2.05, 4.69) is 179 Å². The SMILES string of the molecule is NC(NC(NCc1ccccc1)c1ccccc1)c1ccc(-n2c3ccccc3c3c4c(c5ccccc5c32)Oc2ccccc2-c2ccccc2-4)cc1. The highest BCUT2D eigenvalue weighted by molar-refractivity contribution is 6.27. The Morgan fingerprint density at radius 3 is 1.93 bits per heavy atom. The van der Waals surface area contributed by atoms with Crippen LogP contribution in [0.2, 0.25) is 0 Å². The van der Waals surface area contributed by atoms with E-state index >= 15 is 0 Å². The van der Waals surface area contributed by atoms with Gasteiger partial charge in [0.1, 0.15) is 11.5 Å². The molecule has 0 radical (unpaired) electrons. The molecule has 4 N–H and O–H groups in total. The molecule has 1 aliphatic heterocycles. The van der Waals surface area contributed by atoms with Crippen LogP contribution < -0.4 is 21.1 Å². The zero-order valence-corrected chi connectivity index (χ0v) is 29.6. The Bertz CT molecular complexity index is 2790. The maximum atomic E-state index is 6.98. The highest BCUT2D eigenvalue weighted by atomic mass is 16.5. The third kappa shape index (κ3) is 5.46. The number of para-hydroxylation sites is 2. The normalized spacial score (nSPS) is 13.1. The second kappa shape index (κ2) is 13.5. The van der Waals surface area contributed by atoms with Crippen LogP contribution in [0.4, 0.5) is 0 Å². The third-order valence-electron chi connectivity index (χ3n) is 10.7. The minimum atomic E-state index is -0.405. The molecule has 54 heavy (non-hydrogen) atoms. The second-order valence-corrected chi connectivity index (χ2v) is 13.9. The molecule has 0 fully saturated rings. The molecular formula is C49H38N4O. The summed E-state index contributed by atoms with van der Waals surface area (Å²) in [5.74, 6) is 1.75. The molecule has 0 amide bonds. The van der Waals surface area contributed by atoms with Crippen molar-refractivity contribution in [2.24, 2.45) is 5.73 Å². The third-order valence-corrected chi connectivity index (χ3v) is 10.7. The first-order valence-electron chi connectivity index (χ1n) is 18.5. The molecule has 0 saturated carbocycles. The number of hydrogen-bond acceptors (Lipinski definition) is 4. The molecule has 0 saturated heterocycles. The molecule has 2 atom stereocenters. The Labute approximate surface area is 314 Å². The first-order valence-corrected chi connectivity index (χ1v) is 18.5. The van der Waals surface area contributed by atoms with Gasteiger partial charge >= 0.3 is 0 Å². The van der Waals surface area contributed by atoms with Crippen molar-refractivity contribution < 1.29 is 4.74 Å². The van der Waals surface area contributed by atoms with Crippen molar-refractivity contribution in [3.8, 4) is 39.4 Å². The lowest BCUT2D eigenvalue weighted by Crippen LogP contribution is -2.39. The van der Waals surface area contributed by atoms with Crippen molar-refractivity contribution in [1.82, 2.24) is 15.2 Å². The van der Waals surface area contributed by atoms with Gasteiger partial charge in [-0.3, -0.25) is 10.6 Å². The number of hydrogen-bond donors (Lipinski definition) is 3. The summed E-state index contributed by atoms with van der Waals surface area (Å²) >= 11 is 0. The number of aromatic nitrogens is 1. The van der Waals surface area contributed by atoms with Gasteiger partial charge in [0, 0.05) is 44.9 Å². The fourth-order valence-electron chi connectivity index (χ4n) is 8.18.